The molecule has 0 aromatic carbocycles. The molecule has 0 radical (unpaired) electrons. The van der Waals surface area contributed by atoms with Gasteiger partial charge in [-0.05, 0) is 0 Å². The van der Waals surface area contributed by atoms with Gasteiger partial charge in [0.2, 0.25) is 5.91 Å². The van der Waals surface area contributed by atoms with Crippen LogP contribution in [0.5, 0.6) is 0 Å². The zero-order chi connectivity index (χ0) is 10.6. The van der Waals surface area contributed by atoms with Crippen molar-refractivity contribution < 1.29 is 19.4 Å². The third kappa shape index (κ3) is 2.88. The third-order valence-corrected chi connectivity index (χ3v) is 2.06. The van der Waals surface area contributed by atoms with Crippen LogP contribution in [-0.4, -0.2) is 66.8 Å². The van der Waals surface area contributed by atoms with Crippen molar-refractivity contribution in [1.82, 2.24) is 9.80 Å². The summed E-state index contributed by atoms with van der Waals surface area (Å²) < 4.78 is 5.08. The van der Waals surface area contributed by atoms with Crippen LogP contribution < -0.4 is 0 Å². The van der Waals surface area contributed by atoms with Crippen molar-refractivity contribution in [2.24, 2.45) is 0 Å². The molecule has 0 spiro atoms. The third-order valence-electron chi connectivity index (χ3n) is 2.06. The number of ether oxygens (including phenoxy) is 1. The first-order chi connectivity index (χ1) is 6.61. The Morgan fingerprint density at radius 3 is 2.50 bits per heavy atom. The molecule has 14 heavy (non-hydrogen) atoms. The van der Waals surface area contributed by atoms with Gasteiger partial charge in [0, 0.05) is 20.1 Å². The molecule has 0 bridgehead atoms. The van der Waals surface area contributed by atoms with E-state index in [1.807, 2.05) is 0 Å². The lowest BCUT2D eigenvalue weighted by Gasteiger charge is -2.28. The summed E-state index contributed by atoms with van der Waals surface area (Å²) in [4.78, 5) is 24.5. The molecular formula is C8H14N2O4. The van der Waals surface area contributed by atoms with E-state index >= 15 is 0 Å². The molecule has 0 aromatic heterocycles. The highest BCUT2D eigenvalue weighted by Gasteiger charge is 2.19. The SMILES string of the molecule is CN(CC(=O)N1CCOCC1)C(=O)O. The number of likely N-dealkylation sites (N-methyl/N-ethyl adjacent to an activating group) is 1. The van der Waals surface area contributed by atoms with E-state index in [1.54, 1.807) is 4.90 Å². The van der Waals surface area contributed by atoms with Crippen LogP contribution in [0.4, 0.5) is 4.79 Å². The average Bonchev–Trinajstić information content (AvgIpc) is 2.19. The first-order valence-corrected chi connectivity index (χ1v) is 4.41. The zero-order valence-corrected chi connectivity index (χ0v) is 8.10. The van der Waals surface area contributed by atoms with Gasteiger partial charge in [-0.1, -0.05) is 0 Å². The quantitative estimate of drug-likeness (QED) is 0.652. The standard InChI is InChI=1S/C8H14N2O4/c1-9(8(12)13)6-7(11)10-2-4-14-5-3-10/h2-6H2,1H3,(H,12,13). The van der Waals surface area contributed by atoms with Gasteiger partial charge >= 0.3 is 6.09 Å². The molecule has 1 fully saturated rings. The van der Waals surface area contributed by atoms with Crippen LogP contribution in [0, 0.1) is 0 Å². The summed E-state index contributed by atoms with van der Waals surface area (Å²) in [6, 6.07) is 0. The zero-order valence-electron chi connectivity index (χ0n) is 8.10. The highest BCUT2D eigenvalue weighted by atomic mass is 16.5. The van der Waals surface area contributed by atoms with Crippen molar-refractivity contribution in [3.8, 4) is 0 Å². The van der Waals surface area contributed by atoms with Gasteiger partial charge < -0.3 is 19.6 Å². The van der Waals surface area contributed by atoms with E-state index in [0.29, 0.717) is 26.3 Å². The lowest BCUT2D eigenvalue weighted by Crippen LogP contribution is -2.45. The van der Waals surface area contributed by atoms with E-state index in [1.165, 1.54) is 7.05 Å². The predicted octanol–water partition coefficient (Wildman–Crippen LogP) is -0.545. The molecule has 0 unspecified atom stereocenters. The molecule has 2 amide bonds. The smallest absolute Gasteiger partial charge is 0.407 e. The Labute approximate surface area is 82.0 Å². The molecule has 1 saturated heterocycles. The maximum atomic E-state index is 11.5. The van der Waals surface area contributed by atoms with Gasteiger partial charge in [0.15, 0.2) is 0 Å². The molecule has 0 aromatic rings. The fourth-order valence-corrected chi connectivity index (χ4v) is 1.18. The Balaban J connectivity index is 2.36. The molecule has 6 nitrogen and oxygen atoms in total. The number of carbonyl (C=O) groups excluding carboxylic acids is 1. The second kappa shape index (κ2) is 4.80. The van der Waals surface area contributed by atoms with Gasteiger partial charge in [0.05, 0.1) is 13.2 Å². The van der Waals surface area contributed by atoms with Gasteiger partial charge in [-0.15, -0.1) is 0 Å². The minimum Gasteiger partial charge on any atom is -0.465 e. The number of carbonyl (C=O) groups is 2. The number of nitrogens with zero attached hydrogens (tertiary/aromatic N) is 2. The van der Waals surface area contributed by atoms with Crippen LogP contribution in [-0.2, 0) is 9.53 Å². The van der Waals surface area contributed by atoms with Crippen molar-refractivity contribution in [2.45, 2.75) is 0 Å². The number of hydrogen-bond acceptors (Lipinski definition) is 3. The van der Waals surface area contributed by atoms with Gasteiger partial charge in [-0.2, -0.15) is 0 Å². The summed E-state index contributed by atoms with van der Waals surface area (Å²) in [5.41, 5.74) is 0. The molecule has 0 atom stereocenters. The fourth-order valence-electron chi connectivity index (χ4n) is 1.18. The van der Waals surface area contributed by atoms with Crippen molar-refractivity contribution in [2.75, 3.05) is 39.9 Å². The summed E-state index contributed by atoms with van der Waals surface area (Å²) in [6.07, 6.45) is -1.09. The van der Waals surface area contributed by atoms with Crippen LogP contribution in [0.15, 0.2) is 0 Å². The molecular weight excluding hydrogens is 188 g/mol. The highest BCUT2D eigenvalue weighted by Crippen LogP contribution is 1.98. The summed E-state index contributed by atoms with van der Waals surface area (Å²) in [5.74, 6) is -0.168. The average molecular weight is 202 g/mol. The van der Waals surface area contributed by atoms with Crippen LogP contribution in [0.2, 0.25) is 0 Å². The Bertz CT molecular complexity index is 225. The number of rotatable bonds is 2. The lowest BCUT2D eigenvalue weighted by atomic mass is 10.4. The van der Waals surface area contributed by atoms with Gasteiger partial charge in [0.1, 0.15) is 6.54 Å². The van der Waals surface area contributed by atoms with Gasteiger partial charge in [-0.25, -0.2) is 4.79 Å². The summed E-state index contributed by atoms with van der Waals surface area (Å²) in [7, 11) is 1.38. The van der Waals surface area contributed by atoms with Gasteiger partial charge in [-0.3, -0.25) is 4.79 Å². The Kier molecular flexibility index (Phi) is 3.70. The van der Waals surface area contributed by atoms with Crippen molar-refractivity contribution in [3.63, 3.8) is 0 Å². The first-order valence-electron chi connectivity index (χ1n) is 4.41. The van der Waals surface area contributed by atoms with E-state index in [-0.39, 0.29) is 12.5 Å². The topological polar surface area (TPSA) is 70.1 Å². The van der Waals surface area contributed by atoms with E-state index in [4.69, 9.17) is 9.84 Å². The second-order valence-electron chi connectivity index (χ2n) is 3.13. The molecule has 6 heteroatoms. The maximum Gasteiger partial charge on any atom is 0.407 e. The lowest BCUT2D eigenvalue weighted by molar-refractivity contribution is -0.135. The van der Waals surface area contributed by atoms with E-state index < -0.39 is 6.09 Å². The largest absolute Gasteiger partial charge is 0.465 e. The highest BCUT2D eigenvalue weighted by molar-refractivity contribution is 5.81. The molecule has 1 N–H and O–H groups in total. The summed E-state index contributed by atoms with van der Waals surface area (Å²) in [5, 5.41) is 8.56. The predicted molar refractivity (Wildman–Crippen MR) is 48.1 cm³/mol. The number of carboxylic acid groups (broad SMARTS) is 1. The van der Waals surface area contributed by atoms with Crippen LogP contribution in [0.1, 0.15) is 0 Å². The summed E-state index contributed by atoms with van der Waals surface area (Å²) in [6.45, 7) is 2.07. The minimum atomic E-state index is -1.09. The first kappa shape index (κ1) is 10.8. The van der Waals surface area contributed by atoms with E-state index in [9.17, 15) is 9.59 Å². The van der Waals surface area contributed by atoms with Crippen molar-refractivity contribution >= 4 is 12.0 Å². The molecule has 0 aliphatic carbocycles. The molecule has 1 heterocycles. The maximum absolute atomic E-state index is 11.5. The minimum absolute atomic E-state index is 0.0880. The van der Waals surface area contributed by atoms with Crippen molar-refractivity contribution in [3.05, 3.63) is 0 Å². The van der Waals surface area contributed by atoms with E-state index in [2.05, 4.69) is 0 Å². The molecule has 1 aliphatic heterocycles. The van der Waals surface area contributed by atoms with Crippen LogP contribution in [0.25, 0.3) is 0 Å². The van der Waals surface area contributed by atoms with Crippen LogP contribution in [0.3, 0.4) is 0 Å². The Hall–Kier alpha value is -1.30. The molecule has 0 saturated carbocycles. The number of hydrogen-bond donors (Lipinski definition) is 1. The Morgan fingerprint density at radius 1 is 1.43 bits per heavy atom. The number of morpholine rings is 1. The van der Waals surface area contributed by atoms with Gasteiger partial charge in [0.25, 0.3) is 0 Å². The monoisotopic (exact) mass is 202 g/mol. The number of amides is 2. The molecule has 1 rings (SSSR count). The molecule has 1 aliphatic rings. The molecule has 80 valence electrons. The Morgan fingerprint density at radius 2 is 2.00 bits per heavy atom. The van der Waals surface area contributed by atoms with Crippen LogP contribution >= 0.6 is 0 Å². The summed E-state index contributed by atoms with van der Waals surface area (Å²) >= 11 is 0. The fraction of sp³-hybridized carbons (Fsp3) is 0.750. The second-order valence-corrected chi connectivity index (χ2v) is 3.13. The van der Waals surface area contributed by atoms with E-state index in [0.717, 1.165) is 4.90 Å². The normalized spacial score (nSPS) is 16.5. The van der Waals surface area contributed by atoms with Crippen molar-refractivity contribution in [1.29, 1.82) is 0 Å².